The van der Waals surface area contributed by atoms with Crippen LogP contribution in [0.4, 0.5) is 11.4 Å². The van der Waals surface area contributed by atoms with Crippen molar-refractivity contribution in [3.63, 3.8) is 0 Å². The van der Waals surface area contributed by atoms with Crippen LogP contribution in [0.15, 0.2) is 40.9 Å². The number of hydrogen-bond donors (Lipinski definition) is 2. The number of halogens is 1. The summed E-state index contributed by atoms with van der Waals surface area (Å²) in [7, 11) is 0. The summed E-state index contributed by atoms with van der Waals surface area (Å²) in [5.74, 6) is -0.143. The Labute approximate surface area is 121 Å². The summed E-state index contributed by atoms with van der Waals surface area (Å²) in [6.45, 7) is 3.88. The van der Waals surface area contributed by atoms with E-state index in [1.165, 1.54) is 0 Å². The first-order valence-corrected chi connectivity index (χ1v) is 6.70. The van der Waals surface area contributed by atoms with Gasteiger partial charge in [-0.2, -0.15) is 0 Å². The lowest BCUT2D eigenvalue weighted by Crippen LogP contribution is -2.14. The third kappa shape index (κ3) is 3.15. The number of rotatable bonds is 2. The van der Waals surface area contributed by atoms with Crippen molar-refractivity contribution in [3.8, 4) is 0 Å². The highest BCUT2D eigenvalue weighted by Crippen LogP contribution is 2.24. The van der Waals surface area contributed by atoms with Crippen molar-refractivity contribution in [3.05, 3.63) is 57.6 Å². The van der Waals surface area contributed by atoms with Crippen LogP contribution in [0.2, 0.25) is 0 Å². The molecule has 2 aromatic carbocycles. The molecule has 0 spiro atoms. The van der Waals surface area contributed by atoms with Crippen molar-refractivity contribution in [2.45, 2.75) is 13.8 Å². The average Bonchev–Trinajstić information content (AvgIpc) is 2.35. The molecular formula is C15H15BrN2O. The monoisotopic (exact) mass is 318 g/mol. The molecule has 0 bridgehead atoms. The van der Waals surface area contributed by atoms with Gasteiger partial charge >= 0.3 is 0 Å². The van der Waals surface area contributed by atoms with Gasteiger partial charge in [-0.15, -0.1) is 0 Å². The van der Waals surface area contributed by atoms with Gasteiger partial charge in [-0.1, -0.05) is 33.6 Å². The van der Waals surface area contributed by atoms with E-state index in [2.05, 4.69) is 21.2 Å². The van der Waals surface area contributed by atoms with Crippen LogP contribution in [0.5, 0.6) is 0 Å². The molecule has 0 aliphatic rings. The predicted molar refractivity (Wildman–Crippen MR) is 82.4 cm³/mol. The molecule has 3 N–H and O–H groups in total. The lowest BCUT2D eigenvalue weighted by molar-refractivity contribution is 0.102. The van der Waals surface area contributed by atoms with Crippen LogP contribution in [-0.2, 0) is 0 Å². The molecule has 3 nitrogen and oxygen atoms in total. The summed E-state index contributed by atoms with van der Waals surface area (Å²) >= 11 is 3.34. The number of nitrogen functional groups attached to an aromatic ring is 1. The van der Waals surface area contributed by atoms with Crippen molar-refractivity contribution in [2.24, 2.45) is 0 Å². The lowest BCUT2D eigenvalue weighted by atomic mass is 10.0. The fourth-order valence-corrected chi connectivity index (χ4v) is 2.20. The first kappa shape index (κ1) is 13.6. The van der Waals surface area contributed by atoms with Crippen LogP contribution in [0.1, 0.15) is 21.5 Å². The summed E-state index contributed by atoms with van der Waals surface area (Å²) in [6, 6.07) is 11.2. The van der Waals surface area contributed by atoms with E-state index in [4.69, 9.17) is 5.73 Å². The Bertz CT molecular complexity index is 638. The van der Waals surface area contributed by atoms with Crippen molar-refractivity contribution < 1.29 is 4.79 Å². The van der Waals surface area contributed by atoms with E-state index in [0.717, 1.165) is 15.6 Å². The molecule has 0 atom stereocenters. The molecule has 4 heteroatoms. The lowest BCUT2D eigenvalue weighted by Gasteiger charge is -2.10. The highest BCUT2D eigenvalue weighted by molar-refractivity contribution is 9.10. The molecule has 0 saturated carbocycles. The smallest absolute Gasteiger partial charge is 0.255 e. The Morgan fingerprint density at radius 3 is 2.58 bits per heavy atom. The molecule has 1 amide bonds. The Balaban J connectivity index is 2.28. The summed E-state index contributed by atoms with van der Waals surface area (Å²) in [4.78, 5) is 12.2. The van der Waals surface area contributed by atoms with Crippen molar-refractivity contribution >= 4 is 33.2 Å². The Hall–Kier alpha value is -1.81. The molecule has 19 heavy (non-hydrogen) atoms. The minimum Gasteiger partial charge on any atom is -0.397 e. The van der Waals surface area contributed by atoms with E-state index in [9.17, 15) is 4.79 Å². The van der Waals surface area contributed by atoms with E-state index in [1.807, 2.05) is 38.1 Å². The Kier molecular flexibility index (Phi) is 3.90. The number of benzene rings is 2. The van der Waals surface area contributed by atoms with Gasteiger partial charge in [-0.3, -0.25) is 4.79 Å². The van der Waals surface area contributed by atoms with Crippen LogP contribution in [0.3, 0.4) is 0 Å². The van der Waals surface area contributed by atoms with E-state index >= 15 is 0 Å². The summed E-state index contributed by atoms with van der Waals surface area (Å²) in [5, 5.41) is 2.84. The Morgan fingerprint density at radius 1 is 1.16 bits per heavy atom. The zero-order chi connectivity index (χ0) is 14.0. The van der Waals surface area contributed by atoms with E-state index in [1.54, 1.807) is 12.1 Å². The van der Waals surface area contributed by atoms with Crippen molar-refractivity contribution in [2.75, 3.05) is 11.1 Å². The van der Waals surface area contributed by atoms with Gasteiger partial charge in [0.25, 0.3) is 5.91 Å². The third-order valence-electron chi connectivity index (χ3n) is 2.90. The number of hydrogen-bond acceptors (Lipinski definition) is 2. The van der Waals surface area contributed by atoms with E-state index in [0.29, 0.717) is 16.9 Å². The second-order valence-corrected chi connectivity index (χ2v) is 5.42. The molecule has 0 saturated heterocycles. The molecule has 2 aromatic rings. The van der Waals surface area contributed by atoms with Gasteiger partial charge in [0.15, 0.2) is 0 Å². The number of nitrogens with one attached hydrogen (secondary N) is 1. The number of aryl methyl sites for hydroxylation is 2. The molecular weight excluding hydrogens is 304 g/mol. The normalized spacial score (nSPS) is 10.3. The van der Waals surface area contributed by atoms with Gasteiger partial charge in [0.2, 0.25) is 0 Å². The number of anilines is 2. The standard InChI is InChI=1S/C15H15BrN2O/c1-9-3-4-10(2)12(7-9)15(19)18-14-6-5-11(16)8-13(14)17/h3-8H,17H2,1-2H3,(H,18,19). The molecule has 0 unspecified atom stereocenters. The van der Waals surface area contributed by atoms with Gasteiger partial charge in [0.05, 0.1) is 11.4 Å². The molecule has 0 aliphatic heterocycles. The van der Waals surface area contributed by atoms with Crippen LogP contribution in [0.25, 0.3) is 0 Å². The van der Waals surface area contributed by atoms with Gasteiger partial charge in [-0.25, -0.2) is 0 Å². The fourth-order valence-electron chi connectivity index (χ4n) is 1.82. The molecule has 0 heterocycles. The Morgan fingerprint density at radius 2 is 1.89 bits per heavy atom. The van der Waals surface area contributed by atoms with E-state index < -0.39 is 0 Å². The minimum absolute atomic E-state index is 0.143. The largest absolute Gasteiger partial charge is 0.397 e. The van der Waals surface area contributed by atoms with Gasteiger partial charge in [0.1, 0.15) is 0 Å². The number of amides is 1. The number of carbonyl (C=O) groups excluding carboxylic acids is 1. The van der Waals surface area contributed by atoms with Crippen molar-refractivity contribution in [1.82, 2.24) is 0 Å². The number of nitrogens with two attached hydrogens (primary N) is 1. The number of carbonyl (C=O) groups is 1. The highest BCUT2D eigenvalue weighted by Gasteiger charge is 2.11. The third-order valence-corrected chi connectivity index (χ3v) is 3.39. The topological polar surface area (TPSA) is 55.1 Å². The summed E-state index contributed by atoms with van der Waals surface area (Å²) < 4.78 is 0.884. The molecule has 2 rings (SSSR count). The second-order valence-electron chi connectivity index (χ2n) is 4.50. The molecule has 0 fully saturated rings. The zero-order valence-electron chi connectivity index (χ0n) is 10.8. The molecule has 0 aliphatic carbocycles. The van der Waals surface area contributed by atoms with Gasteiger partial charge in [-0.05, 0) is 43.7 Å². The molecule has 0 radical (unpaired) electrons. The summed E-state index contributed by atoms with van der Waals surface area (Å²) in [6.07, 6.45) is 0. The fraction of sp³-hybridized carbons (Fsp3) is 0.133. The molecule has 0 aromatic heterocycles. The highest BCUT2D eigenvalue weighted by atomic mass is 79.9. The maximum absolute atomic E-state index is 12.2. The van der Waals surface area contributed by atoms with Gasteiger partial charge in [0, 0.05) is 10.0 Å². The maximum Gasteiger partial charge on any atom is 0.255 e. The zero-order valence-corrected chi connectivity index (χ0v) is 12.4. The minimum atomic E-state index is -0.143. The predicted octanol–water partition coefficient (Wildman–Crippen LogP) is 3.90. The molecule has 98 valence electrons. The SMILES string of the molecule is Cc1ccc(C)c(C(=O)Nc2ccc(Br)cc2N)c1. The maximum atomic E-state index is 12.2. The van der Waals surface area contributed by atoms with Crippen LogP contribution < -0.4 is 11.1 Å². The second kappa shape index (κ2) is 5.45. The van der Waals surface area contributed by atoms with Crippen molar-refractivity contribution in [1.29, 1.82) is 0 Å². The van der Waals surface area contributed by atoms with E-state index in [-0.39, 0.29) is 5.91 Å². The van der Waals surface area contributed by atoms with Crippen LogP contribution in [-0.4, -0.2) is 5.91 Å². The van der Waals surface area contributed by atoms with Gasteiger partial charge < -0.3 is 11.1 Å². The van der Waals surface area contributed by atoms with Crippen LogP contribution in [0, 0.1) is 13.8 Å². The summed E-state index contributed by atoms with van der Waals surface area (Å²) in [5.41, 5.74) is 9.69. The first-order chi connectivity index (χ1) is 8.97. The first-order valence-electron chi connectivity index (χ1n) is 5.91. The average molecular weight is 319 g/mol. The van der Waals surface area contributed by atoms with Crippen LogP contribution >= 0.6 is 15.9 Å². The quantitative estimate of drug-likeness (QED) is 0.825.